The largest absolute Gasteiger partial charge is 0.349 e. The third kappa shape index (κ3) is 2.19. The molecule has 1 aromatic heterocycles. The number of nitrogens with zero attached hydrogens (tertiary/aromatic N) is 2. The maximum Gasteiger partial charge on any atom is 0.269 e. The molecule has 6 heteroatoms. The number of carbonyl (C=O) groups excluding carboxylic acids is 1. The van der Waals surface area contributed by atoms with Crippen LogP contribution in [-0.2, 0) is 7.05 Å². The van der Waals surface area contributed by atoms with Crippen LogP contribution in [0.25, 0.3) is 0 Å². The molecule has 5 nitrogen and oxygen atoms in total. The van der Waals surface area contributed by atoms with Crippen LogP contribution in [0.5, 0.6) is 0 Å². The Morgan fingerprint density at radius 2 is 2.54 bits per heavy atom. The van der Waals surface area contributed by atoms with Gasteiger partial charge in [0, 0.05) is 20.1 Å². The molecule has 0 radical (unpaired) electrons. The lowest BCUT2D eigenvalue weighted by Crippen LogP contribution is -2.30. The molecule has 1 amide bonds. The van der Waals surface area contributed by atoms with Crippen LogP contribution in [0.1, 0.15) is 10.5 Å². The number of imidazole rings is 1. The number of amides is 1. The summed E-state index contributed by atoms with van der Waals surface area (Å²) in [7, 11) is 1.67. The summed E-state index contributed by atoms with van der Waals surface area (Å²) in [5.74, 6) is -0.215. The second-order valence-electron chi connectivity index (χ2n) is 2.52. The van der Waals surface area contributed by atoms with Crippen molar-refractivity contribution in [1.82, 2.24) is 14.9 Å². The van der Waals surface area contributed by atoms with Crippen molar-refractivity contribution in [2.24, 2.45) is 12.8 Å². The minimum atomic E-state index is -0.215. The number of nitrogens with two attached hydrogens (primary N) is 1. The Morgan fingerprint density at radius 1 is 1.85 bits per heavy atom. The molecule has 0 aliphatic carbocycles. The molecule has 0 aromatic carbocycles. The summed E-state index contributed by atoms with van der Waals surface area (Å²) in [6.45, 7) is 0.860. The molecule has 0 saturated heterocycles. The van der Waals surface area contributed by atoms with Gasteiger partial charge in [0.05, 0.1) is 6.20 Å². The Balaban J connectivity index is 2.71. The lowest BCUT2D eigenvalue weighted by atomic mass is 10.4. The molecule has 3 N–H and O–H groups in total. The third-order valence-electron chi connectivity index (χ3n) is 1.59. The number of rotatable bonds is 3. The fourth-order valence-electron chi connectivity index (χ4n) is 0.874. The van der Waals surface area contributed by atoms with Crippen molar-refractivity contribution in [1.29, 1.82) is 0 Å². The van der Waals surface area contributed by atoms with Crippen LogP contribution in [0.15, 0.2) is 6.20 Å². The Morgan fingerprint density at radius 3 is 3.00 bits per heavy atom. The molecular formula is C7H11ClN4O. The van der Waals surface area contributed by atoms with Gasteiger partial charge >= 0.3 is 0 Å². The van der Waals surface area contributed by atoms with Gasteiger partial charge < -0.3 is 15.6 Å². The van der Waals surface area contributed by atoms with Crippen LogP contribution in [-0.4, -0.2) is 28.5 Å². The van der Waals surface area contributed by atoms with Crippen molar-refractivity contribution < 1.29 is 4.79 Å². The van der Waals surface area contributed by atoms with E-state index in [-0.39, 0.29) is 11.2 Å². The van der Waals surface area contributed by atoms with Crippen molar-refractivity contribution >= 4 is 17.5 Å². The fraction of sp³-hybridized carbons (Fsp3) is 0.429. The van der Waals surface area contributed by atoms with Crippen molar-refractivity contribution in [3.8, 4) is 0 Å². The molecule has 0 atom stereocenters. The number of aromatic nitrogens is 2. The van der Waals surface area contributed by atoms with E-state index in [4.69, 9.17) is 17.3 Å². The quantitative estimate of drug-likeness (QED) is 0.711. The van der Waals surface area contributed by atoms with Gasteiger partial charge in [-0.2, -0.15) is 0 Å². The maximum atomic E-state index is 11.4. The van der Waals surface area contributed by atoms with E-state index < -0.39 is 0 Å². The highest BCUT2D eigenvalue weighted by atomic mass is 35.5. The zero-order valence-corrected chi connectivity index (χ0v) is 8.01. The molecule has 0 fully saturated rings. The normalized spacial score (nSPS) is 10.1. The molecule has 13 heavy (non-hydrogen) atoms. The first kappa shape index (κ1) is 10.0. The van der Waals surface area contributed by atoms with Crippen LogP contribution in [0.4, 0.5) is 0 Å². The Kier molecular flexibility index (Phi) is 3.27. The van der Waals surface area contributed by atoms with Crippen LogP contribution >= 0.6 is 11.6 Å². The highest BCUT2D eigenvalue weighted by molar-refractivity contribution is 6.28. The lowest BCUT2D eigenvalue weighted by molar-refractivity contribution is 0.0946. The van der Waals surface area contributed by atoms with E-state index >= 15 is 0 Å². The lowest BCUT2D eigenvalue weighted by Gasteiger charge is -2.03. The number of halogens is 1. The van der Waals surface area contributed by atoms with E-state index in [9.17, 15) is 4.79 Å². The van der Waals surface area contributed by atoms with E-state index in [2.05, 4.69) is 10.3 Å². The first-order valence-corrected chi connectivity index (χ1v) is 4.20. The Labute approximate surface area is 80.9 Å². The van der Waals surface area contributed by atoms with Gasteiger partial charge in [-0.3, -0.25) is 4.79 Å². The van der Waals surface area contributed by atoms with Crippen LogP contribution in [0.2, 0.25) is 5.28 Å². The highest BCUT2D eigenvalue weighted by Crippen LogP contribution is 2.07. The first-order valence-electron chi connectivity index (χ1n) is 3.82. The summed E-state index contributed by atoms with van der Waals surface area (Å²) in [6.07, 6.45) is 1.42. The average molecular weight is 203 g/mol. The molecule has 0 aliphatic heterocycles. The van der Waals surface area contributed by atoms with E-state index in [1.165, 1.54) is 10.8 Å². The molecular weight excluding hydrogens is 192 g/mol. The zero-order chi connectivity index (χ0) is 9.84. The van der Waals surface area contributed by atoms with E-state index in [0.29, 0.717) is 18.8 Å². The molecule has 0 spiro atoms. The summed E-state index contributed by atoms with van der Waals surface area (Å²) >= 11 is 5.65. The molecule has 0 unspecified atom stereocenters. The van der Waals surface area contributed by atoms with Gasteiger partial charge in [0.25, 0.3) is 5.91 Å². The SMILES string of the molecule is Cn1c(C(=O)NCCN)cnc1Cl. The number of hydrogen-bond acceptors (Lipinski definition) is 3. The van der Waals surface area contributed by atoms with Crippen molar-refractivity contribution in [2.75, 3.05) is 13.1 Å². The van der Waals surface area contributed by atoms with Crippen LogP contribution < -0.4 is 11.1 Å². The van der Waals surface area contributed by atoms with Gasteiger partial charge in [-0.15, -0.1) is 0 Å². The van der Waals surface area contributed by atoms with Gasteiger partial charge in [-0.1, -0.05) is 0 Å². The second-order valence-corrected chi connectivity index (χ2v) is 2.85. The summed E-state index contributed by atoms with van der Waals surface area (Å²) in [5, 5.41) is 2.91. The Hall–Kier alpha value is -1.07. The summed E-state index contributed by atoms with van der Waals surface area (Å²) in [4.78, 5) is 15.1. The number of nitrogens with one attached hydrogen (secondary N) is 1. The fourth-order valence-corrected chi connectivity index (χ4v) is 1.01. The Bertz CT molecular complexity index is 309. The minimum Gasteiger partial charge on any atom is -0.349 e. The standard InChI is InChI=1S/C7H11ClN4O/c1-12-5(4-11-7(12)8)6(13)10-3-2-9/h4H,2-3,9H2,1H3,(H,10,13). The van der Waals surface area contributed by atoms with Crippen molar-refractivity contribution in [3.63, 3.8) is 0 Å². The van der Waals surface area contributed by atoms with Gasteiger partial charge in [0.2, 0.25) is 5.28 Å². The van der Waals surface area contributed by atoms with Crippen LogP contribution in [0, 0.1) is 0 Å². The summed E-state index contributed by atoms with van der Waals surface area (Å²) < 4.78 is 1.51. The van der Waals surface area contributed by atoms with E-state index in [1.807, 2.05) is 0 Å². The molecule has 1 aromatic rings. The predicted octanol–water partition coefficient (Wildman–Crippen LogP) is -0.238. The smallest absolute Gasteiger partial charge is 0.269 e. The summed E-state index contributed by atoms with van der Waals surface area (Å²) in [6, 6.07) is 0. The van der Waals surface area contributed by atoms with Gasteiger partial charge in [-0.05, 0) is 11.6 Å². The molecule has 1 heterocycles. The number of hydrogen-bond donors (Lipinski definition) is 2. The van der Waals surface area contributed by atoms with E-state index in [1.54, 1.807) is 7.05 Å². The van der Waals surface area contributed by atoms with Crippen molar-refractivity contribution in [2.45, 2.75) is 0 Å². The topological polar surface area (TPSA) is 72.9 Å². The first-order chi connectivity index (χ1) is 6.16. The molecule has 72 valence electrons. The van der Waals surface area contributed by atoms with Gasteiger partial charge in [0.15, 0.2) is 0 Å². The van der Waals surface area contributed by atoms with E-state index in [0.717, 1.165) is 0 Å². The average Bonchev–Trinajstić information content (AvgIpc) is 2.44. The maximum absolute atomic E-state index is 11.4. The van der Waals surface area contributed by atoms with Gasteiger partial charge in [-0.25, -0.2) is 4.98 Å². The predicted molar refractivity (Wildman–Crippen MR) is 49.6 cm³/mol. The highest BCUT2D eigenvalue weighted by Gasteiger charge is 2.11. The molecule has 0 saturated carbocycles. The zero-order valence-electron chi connectivity index (χ0n) is 7.25. The monoisotopic (exact) mass is 202 g/mol. The molecule has 1 rings (SSSR count). The van der Waals surface area contributed by atoms with Crippen molar-refractivity contribution in [3.05, 3.63) is 17.2 Å². The third-order valence-corrected chi connectivity index (χ3v) is 1.95. The van der Waals surface area contributed by atoms with Crippen LogP contribution in [0.3, 0.4) is 0 Å². The van der Waals surface area contributed by atoms with Gasteiger partial charge in [0.1, 0.15) is 5.69 Å². The number of carbonyl (C=O) groups is 1. The minimum absolute atomic E-state index is 0.215. The molecule has 0 bridgehead atoms. The molecule has 0 aliphatic rings. The summed E-state index contributed by atoms with van der Waals surface area (Å²) in [5.41, 5.74) is 5.66. The second kappa shape index (κ2) is 4.25.